The van der Waals surface area contributed by atoms with Crippen molar-refractivity contribution in [3.05, 3.63) is 22.4 Å². The Balaban J connectivity index is 1.99. The molecule has 1 aliphatic rings. The van der Waals surface area contributed by atoms with Crippen molar-refractivity contribution in [1.82, 2.24) is 5.32 Å². The van der Waals surface area contributed by atoms with Crippen LogP contribution in [-0.4, -0.2) is 19.3 Å². The molecule has 0 aromatic carbocycles. The van der Waals surface area contributed by atoms with Gasteiger partial charge in [-0.25, -0.2) is 0 Å². The third-order valence-electron chi connectivity index (χ3n) is 3.00. The van der Waals surface area contributed by atoms with Crippen molar-refractivity contribution in [1.29, 1.82) is 5.26 Å². The third kappa shape index (κ3) is 2.43. The van der Waals surface area contributed by atoms with Gasteiger partial charge in [-0.1, -0.05) is 6.07 Å². The molecule has 1 aromatic rings. The van der Waals surface area contributed by atoms with E-state index >= 15 is 0 Å². The maximum absolute atomic E-state index is 9.36. The second-order valence-corrected chi connectivity index (χ2v) is 5.26. The molecule has 1 unspecified atom stereocenters. The van der Waals surface area contributed by atoms with Crippen LogP contribution in [0.15, 0.2) is 17.5 Å². The average molecular weight is 236 g/mol. The Morgan fingerprint density at radius 2 is 2.50 bits per heavy atom. The van der Waals surface area contributed by atoms with E-state index in [0.717, 1.165) is 19.4 Å². The van der Waals surface area contributed by atoms with Crippen molar-refractivity contribution in [2.24, 2.45) is 5.92 Å². The molecule has 4 heteroatoms. The summed E-state index contributed by atoms with van der Waals surface area (Å²) in [6, 6.07) is 6.52. The minimum Gasteiger partial charge on any atom is -0.382 e. The molecule has 0 aliphatic heterocycles. The molecule has 0 saturated heterocycles. The molecule has 3 nitrogen and oxygen atoms in total. The Bertz CT molecular complexity index is 367. The van der Waals surface area contributed by atoms with E-state index in [1.54, 1.807) is 18.4 Å². The van der Waals surface area contributed by atoms with Gasteiger partial charge >= 0.3 is 0 Å². The first-order valence-electron chi connectivity index (χ1n) is 5.48. The molecule has 1 aliphatic carbocycles. The summed E-state index contributed by atoms with van der Waals surface area (Å²) in [4.78, 5) is 1.26. The number of ether oxygens (including phenoxy) is 1. The monoisotopic (exact) mass is 236 g/mol. The van der Waals surface area contributed by atoms with Crippen LogP contribution in [0.25, 0.3) is 0 Å². The van der Waals surface area contributed by atoms with Gasteiger partial charge in [0.2, 0.25) is 0 Å². The maximum atomic E-state index is 9.36. The van der Waals surface area contributed by atoms with Crippen LogP contribution in [0.4, 0.5) is 0 Å². The molecule has 1 aromatic heterocycles. The Labute approximate surface area is 100 Å². The van der Waals surface area contributed by atoms with Gasteiger partial charge < -0.3 is 4.74 Å². The summed E-state index contributed by atoms with van der Waals surface area (Å²) in [5, 5.41) is 14.8. The lowest BCUT2D eigenvalue weighted by Gasteiger charge is -2.26. The number of methoxy groups -OCH3 is 1. The quantitative estimate of drug-likeness (QED) is 0.823. The first kappa shape index (κ1) is 11.6. The number of nitriles is 1. The maximum Gasteiger partial charge on any atom is 0.133 e. The topological polar surface area (TPSA) is 45.0 Å². The van der Waals surface area contributed by atoms with Gasteiger partial charge in [0.25, 0.3) is 0 Å². The molecule has 1 saturated carbocycles. The van der Waals surface area contributed by atoms with Gasteiger partial charge in [-0.05, 0) is 30.2 Å². The van der Waals surface area contributed by atoms with Crippen LogP contribution in [0, 0.1) is 17.2 Å². The van der Waals surface area contributed by atoms with Crippen molar-refractivity contribution < 1.29 is 4.74 Å². The molecule has 86 valence electrons. The number of hydrogen-bond acceptors (Lipinski definition) is 4. The minimum absolute atomic E-state index is 0.456. The van der Waals surface area contributed by atoms with Gasteiger partial charge in [0.05, 0.1) is 12.7 Å². The lowest BCUT2D eigenvalue weighted by molar-refractivity contribution is 0.125. The molecule has 1 fully saturated rings. The standard InChI is InChI=1S/C12H16N2OS/c1-15-9-12(8-13,10-4-5-10)14-7-11-3-2-6-16-11/h2-3,6,10,14H,4-5,7,9H2,1H3. The van der Waals surface area contributed by atoms with Crippen LogP contribution in [0.3, 0.4) is 0 Å². The molecule has 1 heterocycles. The Morgan fingerprint density at radius 3 is 3.00 bits per heavy atom. The molecular weight excluding hydrogens is 220 g/mol. The van der Waals surface area contributed by atoms with E-state index in [1.165, 1.54) is 4.88 Å². The predicted molar refractivity (Wildman–Crippen MR) is 64.1 cm³/mol. The van der Waals surface area contributed by atoms with Gasteiger partial charge in [-0.15, -0.1) is 11.3 Å². The molecule has 16 heavy (non-hydrogen) atoms. The fourth-order valence-electron chi connectivity index (χ4n) is 1.94. The first-order chi connectivity index (χ1) is 7.80. The van der Waals surface area contributed by atoms with Gasteiger partial charge in [-0.2, -0.15) is 5.26 Å². The Morgan fingerprint density at radius 1 is 1.69 bits per heavy atom. The number of hydrogen-bond donors (Lipinski definition) is 1. The van der Waals surface area contributed by atoms with E-state index in [1.807, 2.05) is 6.07 Å². The summed E-state index contributed by atoms with van der Waals surface area (Å²) >= 11 is 1.71. The van der Waals surface area contributed by atoms with E-state index in [0.29, 0.717) is 12.5 Å². The highest BCUT2D eigenvalue weighted by atomic mass is 32.1. The van der Waals surface area contributed by atoms with Crippen LogP contribution in [0.5, 0.6) is 0 Å². The van der Waals surface area contributed by atoms with Gasteiger partial charge in [-0.3, -0.25) is 5.32 Å². The zero-order valence-electron chi connectivity index (χ0n) is 9.40. The SMILES string of the molecule is COCC(C#N)(NCc1cccs1)C1CC1. The highest BCUT2D eigenvalue weighted by Gasteiger charge is 2.45. The summed E-state index contributed by atoms with van der Waals surface area (Å²) < 4.78 is 5.19. The second-order valence-electron chi connectivity index (χ2n) is 4.22. The summed E-state index contributed by atoms with van der Waals surface area (Å²) in [6.45, 7) is 1.23. The number of nitrogens with zero attached hydrogens (tertiary/aromatic N) is 1. The van der Waals surface area contributed by atoms with Crippen LogP contribution < -0.4 is 5.32 Å². The fourth-order valence-corrected chi connectivity index (χ4v) is 2.58. The normalized spacial score (nSPS) is 19.0. The average Bonchev–Trinajstić information content (AvgIpc) is 3.03. The van der Waals surface area contributed by atoms with Crippen LogP contribution in [0.1, 0.15) is 17.7 Å². The molecule has 2 rings (SSSR count). The second kappa shape index (κ2) is 4.96. The highest BCUT2D eigenvalue weighted by molar-refractivity contribution is 7.09. The van der Waals surface area contributed by atoms with E-state index in [2.05, 4.69) is 22.8 Å². The Hall–Kier alpha value is -0.890. The van der Waals surface area contributed by atoms with Gasteiger partial charge in [0.1, 0.15) is 5.54 Å². The van der Waals surface area contributed by atoms with Crippen LogP contribution >= 0.6 is 11.3 Å². The van der Waals surface area contributed by atoms with E-state index < -0.39 is 5.54 Å². The predicted octanol–water partition coefficient (Wildman–Crippen LogP) is 2.16. The van der Waals surface area contributed by atoms with Crippen molar-refractivity contribution >= 4 is 11.3 Å². The van der Waals surface area contributed by atoms with Crippen LogP contribution in [0.2, 0.25) is 0 Å². The van der Waals surface area contributed by atoms with Crippen molar-refractivity contribution in [2.45, 2.75) is 24.9 Å². The third-order valence-corrected chi connectivity index (χ3v) is 3.88. The van der Waals surface area contributed by atoms with Crippen molar-refractivity contribution in [2.75, 3.05) is 13.7 Å². The molecule has 0 amide bonds. The molecule has 1 N–H and O–H groups in total. The summed E-state index contributed by atoms with van der Waals surface area (Å²) in [5.74, 6) is 0.456. The minimum atomic E-state index is -0.487. The molecule has 0 spiro atoms. The zero-order valence-corrected chi connectivity index (χ0v) is 10.2. The largest absolute Gasteiger partial charge is 0.382 e. The summed E-state index contributed by atoms with van der Waals surface area (Å²) in [7, 11) is 1.65. The highest BCUT2D eigenvalue weighted by Crippen LogP contribution is 2.39. The van der Waals surface area contributed by atoms with E-state index in [4.69, 9.17) is 4.74 Å². The zero-order chi connectivity index (χ0) is 11.4. The van der Waals surface area contributed by atoms with Crippen molar-refractivity contribution in [3.63, 3.8) is 0 Å². The fraction of sp³-hybridized carbons (Fsp3) is 0.583. The lowest BCUT2D eigenvalue weighted by Crippen LogP contribution is -2.49. The molecule has 1 atom stereocenters. The summed E-state index contributed by atoms with van der Waals surface area (Å²) in [5.41, 5.74) is -0.487. The Kier molecular flexibility index (Phi) is 3.59. The van der Waals surface area contributed by atoms with E-state index in [9.17, 15) is 5.26 Å². The van der Waals surface area contributed by atoms with Gasteiger partial charge in [0, 0.05) is 18.5 Å². The van der Waals surface area contributed by atoms with Crippen LogP contribution in [-0.2, 0) is 11.3 Å². The van der Waals surface area contributed by atoms with Crippen molar-refractivity contribution in [3.8, 4) is 6.07 Å². The number of nitrogens with one attached hydrogen (secondary N) is 1. The molecule has 0 radical (unpaired) electrons. The lowest BCUT2D eigenvalue weighted by atomic mass is 9.96. The first-order valence-corrected chi connectivity index (χ1v) is 6.36. The number of rotatable bonds is 6. The summed E-state index contributed by atoms with van der Waals surface area (Å²) in [6.07, 6.45) is 2.27. The molecule has 0 bridgehead atoms. The van der Waals surface area contributed by atoms with E-state index in [-0.39, 0.29) is 0 Å². The number of thiophene rings is 1. The smallest absolute Gasteiger partial charge is 0.133 e. The van der Waals surface area contributed by atoms with Gasteiger partial charge in [0.15, 0.2) is 0 Å². The molecular formula is C12H16N2OS.